The Balaban J connectivity index is 1.78. The van der Waals surface area contributed by atoms with Crippen LogP contribution < -0.4 is 10.1 Å². The largest absolute Gasteiger partial charge is 0.497 e. The molecule has 0 aliphatic heterocycles. The summed E-state index contributed by atoms with van der Waals surface area (Å²) in [7, 11) is 3.32. The number of carbonyl (C=O) groups excluding carboxylic acids is 2. The van der Waals surface area contributed by atoms with E-state index in [0.29, 0.717) is 12.2 Å². The number of nitrogens with zero attached hydrogens (tertiary/aromatic N) is 1. The summed E-state index contributed by atoms with van der Waals surface area (Å²) in [5.41, 5.74) is 1.31. The summed E-state index contributed by atoms with van der Waals surface area (Å²) in [6.45, 7) is 0.0335. The quantitative estimate of drug-likeness (QED) is 0.821. The molecule has 0 radical (unpaired) electrons. The molecular formula is C16H18N2O4. The van der Waals surface area contributed by atoms with Crippen LogP contribution in [0.15, 0.2) is 42.6 Å². The summed E-state index contributed by atoms with van der Waals surface area (Å²) < 4.78 is 11.7. The smallest absolute Gasteiger partial charge is 0.355 e. The molecule has 6 nitrogen and oxygen atoms in total. The Kier molecular flexibility index (Phi) is 5.19. The second-order valence-electron chi connectivity index (χ2n) is 4.71. The molecule has 0 fully saturated rings. The summed E-state index contributed by atoms with van der Waals surface area (Å²) in [5, 5.41) is 2.69. The molecule has 0 spiro atoms. The highest BCUT2D eigenvalue weighted by Gasteiger charge is 2.12. The van der Waals surface area contributed by atoms with Crippen molar-refractivity contribution in [2.75, 3.05) is 13.7 Å². The van der Waals surface area contributed by atoms with Gasteiger partial charge in [-0.3, -0.25) is 4.79 Å². The third kappa shape index (κ3) is 4.12. The Morgan fingerprint density at radius 2 is 2.05 bits per heavy atom. The van der Waals surface area contributed by atoms with Gasteiger partial charge in [0.05, 0.1) is 7.11 Å². The molecule has 116 valence electrons. The number of carbonyl (C=O) groups is 2. The number of hydrogen-bond acceptors (Lipinski definition) is 4. The van der Waals surface area contributed by atoms with E-state index in [2.05, 4.69) is 5.32 Å². The van der Waals surface area contributed by atoms with Crippen molar-refractivity contribution in [1.82, 2.24) is 9.88 Å². The van der Waals surface area contributed by atoms with E-state index in [1.54, 1.807) is 37.1 Å². The molecular weight excluding hydrogens is 284 g/mol. The number of hydrogen-bond donors (Lipinski definition) is 1. The molecule has 0 saturated carbocycles. The average Bonchev–Trinajstić information content (AvgIpc) is 2.97. The first-order valence-corrected chi connectivity index (χ1v) is 6.78. The van der Waals surface area contributed by atoms with Gasteiger partial charge in [0.1, 0.15) is 11.4 Å². The number of aryl methyl sites for hydroxylation is 1. The molecule has 0 saturated heterocycles. The number of benzene rings is 1. The van der Waals surface area contributed by atoms with Crippen molar-refractivity contribution in [3.8, 4) is 5.75 Å². The second kappa shape index (κ2) is 7.31. The molecule has 1 aromatic carbocycles. The fourth-order valence-electron chi connectivity index (χ4n) is 1.91. The Morgan fingerprint density at radius 3 is 2.73 bits per heavy atom. The Hall–Kier alpha value is -2.76. The third-order valence-corrected chi connectivity index (χ3v) is 3.11. The lowest BCUT2D eigenvalue weighted by Gasteiger charge is -2.08. The van der Waals surface area contributed by atoms with E-state index in [0.717, 1.165) is 11.3 Å². The lowest BCUT2D eigenvalue weighted by molar-refractivity contribution is -0.124. The van der Waals surface area contributed by atoms with E-state index < -0.39 is 5.97 Å². The topological polar surface area (TPSA) is 69.6 Å². The molecule has 0 aliphatic rings. The van der Waals surface area contributed by atoms with Crippen molar-refractivity contribution in [2.45, 2.75) is 6.54 Å². The fraction of sp³-hybridized carbons (Fsp3) is 0.250. The summed E-state index contributed by atoms with van der Waals surface area (Å²) in [4.78, 5) is 23.5. The molecule has 0 bridgehead atoms. The zero-order valence-corrected chi connectivity index (χ0v) is 12.5. The Bertz CT molecular complexity index is 664. The highest BCUT2D eigenvalue weighted by molar-refractivity contribution is 5.89. The van der Waals surface area contributed by atoms with E-state index >= 15 is 0 Å². The number of methoxy groups -OCH3 is 1. The van der Waals surface area contributed by atoms with Crippen molar-refractivity contribution in [3.05, 3.63) is 53.9 Å². The predicted molar refractivity (Wildman–Crippen MR) is 80.5 cm³/mol. The van der Waals surface area contributed by atoms with Gasteiger partial charge in [-0.1, -0.05) is 12.1 Å². The van der Waals surface area contributed by atoms with Gasteiger partial charge in [0.15, 0.2) is 6.61 Å². The zero-order valence-electron chi connectivity index (χ0n) is 12.5. The normalized spacial score (nSPS) is 10.1. The van der Waals surface area contributed by atoms with Crippen LogP contribution in [-0.4, -0.2) is 30.2 Å². The summed E-state index contributed by atoms with van der Waals surface area (Å²) in [6, 6.07) is 10.7. The maximum atomic E-state index is 11.7. The van der Waals surface area contributed by atoms with Crippen LogP contribution in [0.2, 0.25) is 0 Å². The third-order valence-electron chi connectivity index (χ3n) is 3.11. The van der Waals surface area contributed by atoms with Gasteiger partial charge in [0.25, 0.3) is 5.91 Å². The maximum absolute atomic E-state index is 11.7. The van der Waals surface area contributed by atoms with Crippen molar-refractivity contribution >= 4 is 11.9 Å². The molecule has 0 atom stereocenters. The number of ether oxygens (including phenoxy) is 2. The molecule has 6 heteroatoms. The number of amides is 1. The van der Waals surface area contributed by atoms with Crippen LogP contribution >= 0.6 is 0 Å². The molecule has 1 heterocycles. The van der Waals surface area contributed by atoms with Crippen LogP contribution in [0.5, 0.6) is 5.75 Å². The highest BCUT2D eigenvalue weighted by atomic mass is 16.5. The molecule has 1 aromatic heterocycles. The minimum atomic E-state index is -0.524. The molecule has 2 rings (SSSR count). The average molecular weight is 302 g/mol. The summed E-state index contributed by atoms with van der Waals surface area (Å²) in [6.07, 6.45) is 1.74. The minimum Gasteiger partial charge on any atom is -0.497 e. The van der Waals surface area contributed by atoms with Gasteiger partial charge in [-0.05, 0) is 29.8 Å². The van der Waals surface area contributed by atoms with Gasteiger partial charge in [-0.2, -0.15) is 0 Å². The number of nitrogens with one attached hydrogen (secondary N) is 1. The predicted octanol–water partition coefficient (Wildman–Crippen LogP) is 1.51. The van der Waals surface area contributed by atoms with Crippen LogP contribution in [0.4, 0.5) is 0 Å². The SMILES string of the molecule is COc1cccc(CNC(=O)COC(=O)c2cccn2C)c1. The monoisotopic (exact) mass is 302 g/mol. The fourth-order valence-corrected chi connectivity index (χ4v) is 1.91. The van der Waals surface area contributed by atoms with E-state index in [1.807, 2.05) is 24.3 Å². The van der Waals surface area contributed by atoms with Crippen LogP contribution in [0.25, 0.3) is 0 Å². The lowest BCUT2D eigenvalue weighted by atomic mass is 10.2. The number of aromatic nitrogens is 1. The Morgan fingerprint density at radius 1 is 1.23 bits per heavy atom. The van der Waals surface area contributed by atoms with Crippen molar-refractivity contribution in [1.29, 1.82) is 0 Å². The van der Waals surface area contributed by atoms with Crippen molar-refractivity contribution in [2.24, 2.45) is 7.05 Å². The summed E-state index contributed by atoms with van der Waals surface area (Å²) >= 11 is 0. The number of esters is 1. The second-order valence-corrected chi connectivity index (χ2v) is 4.71. The van der Waals surface area contributed by atoms with Crippen LogP contribution in [-0.2, 0) is 23.1 Å². The van der Waals surface area contributed by atoms with Gasteiger partial charge in [-0.25, -0.2) is 4.79 Å². The molecule has 1 N–H and O–H groups in total. The standard InChI is InChI=1S/C16H18N2O4/c1-18-8-4-7-14(18)16(20)22-11-15(19)17-10-12-5-3-6-13(9-12)21-2/h3-9H,10-11H2,1-2H3,(H,17,19). The highest BCUT2D eigenvalue weighted by Crippen LogP contribution is 2.12. The van der Waals surface area contributed by atoms with Gasteiger partial charge < -0.3 is 19.4 Å². The van der Waals surface area contributed by atoms with E-state index in [9.17, 15) is 9.59 Å². The van der Waals surface area contributed by atoms with Gasteiger partial charge in [0, 0.05) is 19.8 Å². The molecule has 2 aromatic rings. The first kappa shape index (κ1) is 15.6. The first-order chi connectivity index (χ1) is 10.6. The summed E-state index contributed by atoms with van der Waals surface area (Å²) in [5.74, 6) is -0.156. The van der Waals surface area contributed by atoms with E-state index in [-0.39, 0.29) is 12.5 Å². The van der Waals surface area contributed by atoms with Crippen LogP contribution in [0.3, 0.4) is 0 Å². The maximum Gasteiger partial charge on any atom is 0.355 e. The minimum absolute atomic E-state index is 0.312. The van der Waals surface area contributed by atoms with Crippen LogP contribution in [0.1, 0.15) is 16.1 Å². The van der Waals surface area contributed by atoms with E-state index in [1.165, 1.54) is 0 Å². The zero-order chi connectivity index (χ0) is 15.9. The molecule has 1 amide bonds. The Labute approximate surface area is 128 Å². The van der Waals surface area contributed by atoms with Crippen molar-refractivity contribution in [3.63, 3.8) is 0 Å². The first-order valence-electron chi connectivity index (χ1n) is 6.78. The lowest BCUT2D eigenvalue weighted by Crippen LogP contribution is -2.28. The molecule has 0 unspecified atom stereocenters. The van der Waals surface area contributed by atoms with Gasteiger partial charge in [-0.15, -0.1) is 0 Å². The van der Waals surface area contributed by atoms with Gasteiger partial charge >= 0.3 is 5.97 Å². The molecule has 0 aliphatic carbocycles. The van der Waals surface area contributed by atoms with Crippen LogP contribution in [0, 0.1) is 0 Å². The van der Waals surface area contributed by atoms with Crippen molar-refractivity contribution < 1.29 is 19.1 Å². The number of rotatable bonds is 6. The van der Waals surface area contributed by atoms with Gasteiger partial charge in [0.2, 0.25) is 0 Å². The molecule has 22 heavy (non-hydrogen) atoms. The van der Waals surface area contributed by atoms with E-state index in [4.69, 9.17) is 9.47 Å².